The average Bonchev–Trinajstić information content (AvgIpc) is 3.40. The van der Waals surface area contributed by atoms with Gasteiger partial charge >= 0.3 is 0 Å². The number of halogens is 2. The summed E-state index contributed by atoms with van der Waals surface area (Å²) in [5.74, 6) is -2.91. The van der Waals surface area contributed by atoms with Crippen molar-refractivity contribution in [1.82, 2.24) is 25.0 Å². The van der Waals surface area contributed by atoms with Gasteiger partial charge in [0.05, 0.1) is 18.4 Å². The predicted octanol–water partition coefficient (Wildman–Crippen LogP) is 2.69. The van der Waals surface area contributed by atoms with E-state index < -0.39 is 18.2 Å². The molecule has 13 heteroatoms. The maximum Gasteiger partial charge on any atom is 0.251 e. The molecule has 0 bridgehead atoms. The molecule has 0 atom stereocenters. The van der Waals surface area contributed by atoms with Crippen LogP contribution in [0, 0.1) is 23.0 Å². The van der Waals surface area contributed by atoms with E-state index in [4.69, 9.17) is 15.7 Å². The maximum atomic E-state index is 14.9. The Kier molecular flexibility index (Phi) is 8.82. The number of fused-ring (bicyclic) bond motifs is 1. The zero-order valence-corrected chi connectivity index (χ0v) is 21.5. The Bertz CT molecular complexity index is 1600. The smallest absolute Gasteiger partial charge is 0.251 e. The Morgan fingerprint density at radius 3 is 2.67 bits per heavy atom. The van der Waals surface area contributed by atoms with Gasteiger partial charge in [-0.25, -0.2) is 14.4 Å². The van der Waals surface area contributed by atoms with E-state index in [0.717, 1.165) is 5.56 Å². The van der Waals surface area contributed by atoms with Crippen molar-refractivity contribution in [2.75, 3.05) is 31.6 Å². The summed E-state index contributed by atoms with van der Waals surface area (Å²) in [4.78, 5) is 32.6. The second kappa shape index (κ2) is 12.6. The molecular formula is C27H26F2N8O3. The number of ether oxygens (including phenoxy) is 1. The zero-order chi connectivity index (χ0) is 28.6. The zero-order valence-electron chi connectivity index (χ0n) is 21.5. The van der Waals surface area contributed by atoms with E-state index in [-0.39, 0.29) is 48.5 Å². The van der Waals surface area contributed by atoms with Gasteiger partial charge < -0.3 is 26.4 Å². The lowest BCUT2D eigenvalue weighted by Gasteiger charge is -2.13. The summed E-state index contributed by atoms with van der Waals surface area (Å²) in [6, 6.07) is 9.53. The molecule has 11 nitrogen and oxygen atoms in total. The molecule has 4 rings (SSSR count). The molecule has 4 aromatic rings. The van der Waals surface area contributed by atoms with Gasteiger partial charge in [0.1, 0.15) is 6.07 Å². The number of amides is 2. The molecule has 0 fully saturated rings. The van der Waals surface area contributed by atoms with Crippen molar-refractivity contribution in [3.05, 3.63) is 71.7 Å². The summed E-state index contributed by atoms with van der Waals surface area (Å²) in [7, 11) is 0. The number of carbonyl (C=O) groups excluding carboxylic acids is 2. The first-order valence-electron chi connectivity index (χ1n) is 12.3. The summed E-state index contributed by atoms with van der Waals surface area (Å²) in [6.07, 6.45) is 5.04. The number of hydrogen-bond donors (Lipinski definition) is 4. The number of nitrogens with one attached hydrogen (secondary N) is 3. The molecule has 5 N–H and O–H groups in total. The molecule has 2 heterocycles. The Morgan fingerprint density at radius 1 is 1.12 bits per heavy atom. The van der Waals surface area contributed by atoms with E-state index in [2.05, 4.69) is 25.9 Å². The fourth-order valence-corrected chi connectivity index (χ4v) is 4.03. The van der Waals surface area contributed by atoms with Crippen molar-refractivity contribution in [3.63, 3.8) is 0 Å². The topological polar surface area (TPSA) is 159 Å². The van der Waals surface area contributed by atoms with E-state index >= 15 is 0 Å². The highest BCUT2D eigenvalue weighted by Gasteiger charge is 2.20. The lowest BCUT2D eigenvalue weighted by Crippen LogP contribution is -2.37. The summed E-state index contributed by atoms with van der Waals surface area (Å²) in [5.41, 5.74) is 7.76. The molecule has 0 aliphatic rings. The number of aryl methyl sites for hydroxylation is 1. The molecule has 0 unspecified atom stereocenters. The standard InChI is InChI=1S/C27H26F2N8O3/c1-2-16-13-17(3-4-18(16)27(39)34-9-8-32-22(38)14-31)36-25-26-35-15-20(37(26)11-10-33-25)19-5-6-21(40-12-7-30)24(29)23(19)28/h3-6,10-11,13,15H,2,8-9,12,14,31H2,1H3,(H,32,38)(H,33,36)(H,34,39). The van der Waals surface area contributed by atoms with Crippen molar-refractivity contribution in [3.8, 4) is 23.1 Å². The van der Waals surface area contributed by atoms with E-state index in [1.54, 1.807) is 28.8 Å². The SMILES string of the molecule is CCc1cc(Nc2nccn3c(-c4ccc(OCC#N)c(F)c4F)cnc23)ccc1C(=O)NCCNC(=O)CN. The number of nitriles is 1. The van der Waals surface area contributed by atoms with Crippen LogP contribution in [0.3, 0.4) is 0 Å². The molecule has 0 radical (unpaired) electrons. The van der Waals surface area contributed by atoms with Gasteiger partial charge in [-0.3, -0.25) is 14.0 Å². The monoisotopic (exact) mass is 548 g/mol. The van der Waals surface area contributed by atoms with Crippen LogP contribution >= 0.6 is 0 Å². The molecule has 2 aromatic heterocycles. The minimum atomic E-state index is -1.20. The average molecular weight is 549 g/mol. The highest BCUT2D eigenvalue weighted by atomic mass is 19.2. The van der Waals surface area contributed by atoms with Crippen molar-refractivity contribution in [2.45, 2.75) is 13.3 Å². The number of nitrogens with two attached hydrogens (primary N) is 1. The largest absolute Gasteiger partial charge is 0.476 e. The molecule has 2 aromatic carbocycles. The van der Waals surface area contributed by atoms with Crippen molar-refractivity contribution >= 4 is 29.0 Å². The van der Waals surface area contributed by atoms with Crippen LogP contribution in [0.15, 0.2) is 48.9 Å². The van der Waals surface area contributed by atoms with E-state index in [9.17, 15) is 18.4 Å². The van der Waals surface area contributed by atoms with Crippen LogP contribution < -0.4 is 26.4 Å². The fourth-order valence-electron chi connectivity index (χ4n) is 4.03. The maximum absolute atomic E-state index is 14.9. The Hall–Kier alpha value is -5.09. The predicted molar refractivity (Wildman–Crippen MR) is 143 cm³/mol. The highest BCUT2D eigenvalue weighted by Crippen LogP contribution is 2.32. The summed E-state index contributed by atoms with van der Waals surface area (Å²) in [5, 5.41) is 17.2. The molecule has 2 amide bonds. The quantitative estimate of drug-likeness (QED) is 0.208. The van der Waals surface area contributed by atoms with Crippen LogP contribution in [-0.2, 0) is 11.2 Å². The molecular weight excluding hydrogens is 522 g/mol. The second-order valence-corrected chi connectivity index (χ2v) is 8.46. The number of carbonyl (C=O) groups is 2. The van der Waals surface area contributed by atoms with Gasteiger partial charge in [-0.1, -0.05) is 6.92 Å². The lowest BCUT2D eigenvalue weighted by atomic mass is 10.0. The van der Waals surface area contributed by atoms with Crippen LogP contribution in [0.4, 0.5) is 20.3 Å². The normalized spacial score (nSPS) is 10.7. The minimum Gasteiger partial charge on any atom is -0.476 e. The summed E-state index contributed by atoms with van der Waals surface area (Å²) < 4.78 is 35.9. The van der Waals surface area contributed by atoms with Gasteiger partial charge in [0.25, 0.3) is 5.91 Å². The highest BCUT2D eigenvalue weighted by molar-refractivity contribution is 5.96. The number of aromatic nitrogens is 3. The second-order valence-electron chi connectivity index (χ2n) is 8.46. The third kappa shape index (κ3) is 5.97. The summed E-state index contributed by atoms with van der Waals surface area (Å²) >= 11 is 0. The van der Waals surface area contributed by atoms with Crippen LogP contribution in [0.1, 0.15) is 22.8 Å². The van der Waals surface area contributed by atoms with Crippen molar-refractivity contribution < 1.29 is 23.1 Å². The molecule has 40 heavy (non-hydrogen) atoms. The van der Waals surface area contributed by atoms with Crippen LogP contribution in [0.5, 0.6) is 5.75 Å². The first kappa shape index (κ1) is 27.9. The van der Waals surface area contributed by atoms with E-state index in [1.807, 2.05) is 13.0 Å². The van der Waals surface area contributed by atoms with Gasteiger partial charge in [0.2, 0.25) is 11.7 Å². The van der Waals surface area contributed by atoms with Gasteiger partial charge in [-0.05, 0) is 42.3 Å². The molecule has 0 saturated heterocycles. The number of anilines is 2. The van der Waals surface area contributed by atoms with Crippen LogP contribution in [0.25, 0.3) is 16.9 Å². The number of rotatable bonds is 11. The number of benzene rings is 2. The third-order valence-electron chi connectivity index (χ3n) is 5.95. The van der Waals surface area contributed by atoms with Gasteiger partial charge in [-0.2, -0.15) is 9.65 Å². The van der Waals surface area contributed by atoms with Crippen LogP contribution in [0.2, 0.25) is 0 Å². The van der Waals surface area contributed by atoms with Crippen LogP contribution in [-0.4, -0.2) is 52.4 Å². The molecule has 0 saturated carbocycles. The van der Waals surface area contributed by atoms with Gasteiger partial charge in [-0.15, -0.1) is 0 Å². The minimum absolute atomic E-state index is 0.0438. The molecule has 0 aliphatic carbocycles. The van der Waals surface area contributed by atoms with E-state index in [0.29, 0.717) is 29.1 Å². The first-order chi connectivity index (χ1) is 19.4. The van der Waals surface area contributed by atoms with E-state index in [1.165, 1.54) is 24.5 Å². The molecule has 0 aliphatic heterocycles. The number of hydrogen-bond acceptors (Lipinski definition) is 8. The van der Waals surface area contributed by atoms with Crippen molar-refractivity contribution in [2.24, 2.45) is 5.73 Å². The van der Waals surface area contributed by atoms with Gasteiger partial charge in [0, 0.05) is 42.3 Å². The molecule has 206 valence electrons. The third-order valence-corrected chi connectivity index (χ3v) is 5.95. The van der Waals surface area contributed by atoms with Crippen molar-refractivity contribution in [1.29, 1.82) is 5.26 Å². The molecule has 0 spiro atoms. The summed E-state index contributed by atoms with van der Waals surface area (Å²) in [6.45, 7) is 1.91. The number of nitrogens with zero attached hydrogens (tertiary/aromatic N) is 4. The number of imidazole rings is 1. The van der Waals surface area contributed by atoms with Gasteiger partial charge in [0.15, 0.2) is 29.6 Å². The Morgan fingerprint density at radius 2 is 1.93 bits per heavy atom. The fraction of sp³-hybridized carbons (Fsp3) is 0.222. The Balaban J connectivity index is 1.55. The first-order valence-corrected chi connectivity index (χ1v) is 12.3. The lowest BCUT2D eigenvalue weighted by molar-refractivity contribution is -0.119. The Labute approximate surface area is 228 Å².